The minimum Gasteiger partial charge on any atom is -0.363 e. The zero-order valence-corrected chi connectivity index (χ0v) is 21.7. The molecule has 0 amide bonds. The van der Waals surface area contributed by atoms with E-state index in [0.29, 0.717) is 0 Å². The summed E-state index contributed by atoms with van der Waals surface area (Å²) in [4.78, 5) is 2.15. The topological polar surface area (TPSA) is 20.2 Å². The molecule has 0 saturated carbocycles. The Balaban J connectivity index is 0.000000724. The summed E-state index contributed by atoms with van der Waals surface area (Å²) >= 11 is 0. The fourth-order valence-electron chi connectivity index (χ4n) is 3.31. The molecule has 1 atom stereocenters. The Morgan fingerprint density at radius 1 is 1.17 bits per heavy atom. The molecule has 160 valence electrons. The van der Waals surface area contributed by atoms with Gasteiger partial charge in [0.25, 0.3) is 0 Å². The Labute approximate surface area is 207 Å². The Morgan fingerprint density at radius 2 is 1.73 bits per heavy atom. The number of aromatic nitrogens is 1. The summed E-state index contributed by atoms with van der Waals surface area (Å²) in [6.07, 6.45) is 1.76. The molecule has 0 bridgehead atoms. The number of nitrogens with zero attached hydrogens (tertiary/aromatic N) is 2. The molecule has 5 heteroatoms. The maximum Gasteiger partial charge on any atom is 3.00 e. The van der Waals surface area contributed by atoms with Gasteiger partial charge in [-0.3, -0.25) is 0 Å². The molecule has 1 N–H and O–H groups in total. The first kappa shape index (κ1) is 28.8. The molecule has 1 saturated heterocycles. The number of fused-ring (bicyclic) bond motifs is 1. The number of hydrogen-bond acceptors (Lipinski definition) is 2. The Bertz CT molecular complexity index is 922. The van der Waals surface area contributed by atoms with Gasteiger partial charge in [-0.1, -0.05) is 47.1 Å². The van der Waals surface area contributed by atoms with E-state index in [1.807, 2.05) is 18.4 Å². The van der Waals surface area contributed by atoms with Crippen LogP contribution in [0.15, 0.2) is 36.7 Å². The van der Waals surface area contributed by atoms with Crippen LogP contribution in [0.3, 0.4) is 0 Å². The zero-order valence-electron chi connectivity index (χ0n) is 18.9. The molecule has 30 heavy (non-hydrogen) atoms. The van der Waals surface area contributed by atoms with Crippen molar-refractivity contribution < 1.29 is 37.1 Å². The minimum atomic E-state index is -0.381. The molecule has 1 unspecified atom stereocenters. The summed E-state index contributed by atoms with van der Waals surface area (Å²) in [6.45, 7) is 32.5. The summed E-state index contributed by atoms with van der Waals surface area (Å²) in [6, 6.07) is 5.74. The molecule has 2 heterocycles. The van der Waals surface area contributed by atoms with Crippen LogP contribution in [0.2, 0.25) is 0 Å². The summed E-state index contributed by atoms with van der Waals surface area (Å²) in [5, 5.41) is 6.44. The number of piperidine rings is 1. The average molecular weight is 485 g/mol. The van der Waals surface area contributed by atoms with E-state index in [1.54, 1.807) is 6.07 Å². The quantitative estimate of drug-likeness (QED) is 0.650. The summed E-state index contributed by atoms with van der Waals surface area (Å²) in [5.74, 6) is -0.381. The van der Waals surface area contributed by atoms with Crippen LogP contribution in [0.5, 0.6) is 0 Å². The van der Waals surface area contributed by atoms with Crippen LogP contribution in [0.4, 0.5) is 4.39 Å². The SMILES string of the molecule is C=C1CCC(n2c(=C)c3c[c-]c(F)cc3c2=C)C(=C)N1.CC.[CH2-]CN(C[CH2-])CC.[Y+3]. The molecule has 0 spiro atoms. The molecule has 2 aromatic rings. The van der Waals surface area contributed by atoms with E-state index in [-0.39, 0.29) is 44.6 Å². The Hall–Kier alpha value is -1.23. The van der Waals surface area contributed by atoms with Crippen LogP contribution in [0.1, 0.15) is 39.7 Å². The molecule has 1 fully saturated rings. The van der Waals surface area contributed by atoms with Crippen LogP contribution >= 0.6 is 0 Å². The van der Waals surface area contributed by atoms with Crippen molar-refractivity contribution in [3.05, 3.63) is 73.1 Å². The van der Waals surface area contributed by atoms with Crippen molar-refractivity contribution in [2.75, 3.05) is 19.6 Å². The van der Waals surface area contributed by atoms with Crippen LogP contribution < -0.4 is 16.0 Å². The molecule has 1 aromatic heterocycles. The first-order valence-electron chi connectivity index (χ1n) is 10.2. The summed E-state index contributed by atoms with van der Waals surface area (Å²) in [7, 11) is 0. The van der Waals surface area contributed by atoms with Crippen molar-refractivity contribution in [3.8, 4) is 0 Å². The van der Waals surface area contributed by atoms with Gasteiger partial charge in [-0.05, 0) is 24.7 Å². The average Bonchev–Trinajstić information content (AvgIpc) is 2.95. The van der Waals surface area contributed by atoms with Gasteiger partial charge in [0.2, 0.25) is 0 Å². The number of allylic oxidation sites excluding steroid dienone is 2. The van der Waals surface area contributed by atoms with Gasteiger partial charge >= 0.3 is 32.7 Å². The maximum absolute atomic E-state index is 13.4. The summed E-state index contributed by atoms with van der Waals surface area (Å²) < 4.78 is 15.4. The van der Waals surface area contributed by atoms with Gasteiger partial charge in [0, 0.05) is 22.6 Å². The monoisotopic (exact) mass is 485 g/mol. The predicted molar refractivity (Wildman–Crippen MR) is 125 cm³/mol. The number of halogens is 1. The van der Waals surface area contributed by atoms with Crippen molar-refractivity contribution in [3.63, 3.8) is 0 Å². The standard InChI is InChI=1S/C17H16FN2.C6H13N.C2H6.Y/c1-10-5-8-17(11(2)19-10)20-12(3)15-7-6-14(18)9-16(15)13(20)4;1-4-7(5-2)6-3;1-2;/h7,9,17,19H,1-5,8H2;1-2,4-6H2,3H3;1-2H3;/q-1;-2;;+3. The van der Waals surface area contributed by atoms with E-state index in [9.17, 15) is 4.39 Å². The summed E-state index contributed by atoms with van der Waals surface area (Å²) in [5.41, 5.74) is 1.85. The van der Waals surface area contributed by atoms with E-state index in [4.69, 9.17) is 0 Å². The second kappa shape index (κ2) is 14.0. The van der Waals surface area contributed by atoms with Gasteiger partial charge in [0.15, 0.2) is 0 Å². The van der Waals surface area contributed by atoms with Gasteiger partial charge in [-0.15, -0.1) is 36.0 Å². The molecular weight excluding hydrogens is 450 g/mol. The number of benzene rings is 1. The van der Waals surface area contributed by atoms with Crippen molar-refractivity contribution in [2.24, 2.45) is 0 Å². The molecule has 3 rings (SSSR count). The van der Waals surface area contributed by atoms with Crippen molar-refractivity contribution in [2.45, 2.75) is 39.7 Å². The fourth-order valence-corrected chi connectivity index (χ4v) is 3.31. The largest absolute Gasteiger partial charge is 3.00 e. The third-order valence-electron chi connectivity index (χ3n) is 4.97. The molecule has 3 nitrogen and oxygen atoms in total. The molecule has 1 aromatic carbocycles. The van der Waals surface area contributed by atoms with E-state index in [2.05, 4.69) is 63.4 Å². The first-order chi connectivity index (χ1) is 13.8. The predicted octanol–water partition coefficient (Wildman–Crippen LogP) is 4.35. The van der Waals surface area contributed by atoms with Crippen LogP contribution in [-0.2, 0) is 32.7 Å². The molecular formula is C25H35FN3Y. The van der Waals surface area contributed by atoms with Gasteiger partial charge in [-0.2, -0.15) is 6.07 Å². The van der Waals surface area contributed by atoms with E-state index in [0.717, 1.165) is 65.3 Å². The van der Waals surface area contributed by atoms with E-state index >= 15 is 0 Å². The van der Waals surface area contributed by atoms with Gasteiger partial charge in [0.05, 0.1) is 6.04 Å². The first-order valence-corrected chi connectivity index (χ1v) is 10.2. The van der Waals surface area contributed by atoms with Crippen molar-refractivity contribution >= 4 is 23.9 Å². The minimum absolute atomic E-state index is 0. The smallest absolute Gasteiger partial charge is 0.363 e. The molecule has 0 aliphatic carbocycles. The number of hydrogen-bond donors (Lipinski definition) is 1. The second-order valence-corrected chi connectivity index (χ2v) is 6.61. The zero-order chi connectivity index (χ0) is 22.1. The van der Waals surface area contributed by atoms with Gasteiger partial charge in [0.1, 0.15) is 0 Å². The van der Waals surface area contributed by atoms with E-state index in [1.165, 1.54) is 6.07 Å². The third-order valence-corrected chi connectivity index (χ3v) is 4.97. The Kier molecular flexibility index (Phi) is 13.4. The van der Waals surface area contributed by atoms with E-state index < -0.39 is 0 Å². The van der Waals surface area contributed by atoms with Crippen LogP contribution in [-0.4, -0.2) is 29.1 Å². The molecule has 1 aliphatic heterocycles. The maximum atomic E-state index is 13.4. The van der Waals surface area contributed by atoms with Crippen LogP contribution in [0, 0.1) is 25.7 Å². The van der Waals surface area contributed by atoms with Gasteiger partial charge < -0.3 is 28.6 Å². The van der Waals surface area contributed by atoms with Gasteiger partial charge in [-0.25, -0.2) is 4.39 Å². The number of nitrogens with one attached hydrogen (secondary N) is 1. The van der Waals surface area contributed by atoms with Crippen molar-refractivity contribution in [1.82, 2.24) is 14.8 Å². The Morgan fingerprint density at radius 3 is 2.20 bits per heavy atom. The third kappa shape index (κ3) is 6.90. The second-order valence-electron chi connectivity index (χ2n) is 6.61. The normalized spacial score (nSPS) is 15.5. The number of rotatable bonds is 4. The van der Waals surface area contributed by atoms with Crippen molar-refractivity contribution in [1.29, 1.82) is 0 Å². The molecule has 0 radical (unpaired) electrons. The molecule has 1 aliphatic rings. The van der Waals surface area contributed by atoms with Crippen LogP contribution in [0.25, 0.3) is 23.9 Å². The fraction of sp³-hybridized carbons (Fsp3) is 0.360.